The van der Waals surface area contributed by atoms with E-state index in [1.54, 1.807) is 12.1 Å². The van der Waals surface area contributed by atoms with Gasteiger partial charge in [0.05, 0.1) is 4.91 Å². The largest absolute Gasteiger partial charge is 0.451 e. The standard InChI is InChI=1S/C18H15IN2O4S/c1-10-4-3-5-11(2)16(10)20-15(22)9-21-17(23)13(26-18(21)24)8-12-6-7-14(19)25-12/h3-8H,9H2,1-2H3,(H,20,22)/b13-8-. The van der Waals surface area contributed by atoms with E-state index < -0.39 is 17.1 Å². The maximum atomic E-state index is 12.4. The highest BCUT2D eigenvalue weighted by atomic mass is 127. The molecule has 6 nitrogen and oxygen atoms in total. The van der Waals surface area contributed by atoms with Gasteiger partial charge in [-0.1, -0.05) is 18.2 Å². The van der Waals surface area contributed by atoms with Crippen LogP contribution in [0, 0.1) is 17.6 Å². The van der Waals surface area contributed by atoms with Crippen molar-refractivity contribution in [3.63, 3.8) is 0 Å². The molecule has 134 valence electrons. The summed E-state index contributed by atoms with van der Waals surface area (Å²) in [7, 11) is 0. The molecule has 1 aliphatic heterocycles. The van der Waals surface area contributed by atoms with Crippen molar-refractivity contribution in [3.8, 4) is 0 Å². The first kappa shape index (κ1) is 18.7. The van der Waals surface area contributed by atoms with Gasteiger partial charge in [0.15, 0.2) is 3.77 Å². The van der Waals surface area contributed by atoms with Gasteiger partial charge in [0.2, 0.25) is 5.91 Å². The lowest BCUT2D eigenvalue weighted by Crippen LogP contribution is -2.36. The molecule has 1 N–H and O–H groups in total. The Kier molecular flexibility index (Phi) is 5.52. The van der Waals surface area contributed by atoms with E-state index in [0.29, 0.717) is 15.2 Å². The zero-order chi connectivity index (χ0) is 18.8. The lowest BCUT2D eigenvalue weighted by atomic mass is 10.1. The van der Waals surface area contributed by atoms with Gasteiger partial charge in [0, 0.05) is 11.8 Å². The molecule has 0 radical (unpaired) electrons. The Balaban J connectivity index is 1.71. The molecule has 1 aliphatic rings. The molecule has 1 fully saturated rings. The first-order valence-electron chi connectivity index (χ1n) is 7.72. The Morgan fingerprint density at radius 1 is 1.23 bits per heavy atom. The summed E-state index contributed by atoms with van der Waals surface area (Å²) in [6.45, 7) is 3.44. The third-order valence-corrected chi connectivity index (χ3v) is 5.28. The molecule has 1 aromatic carbocycles. The summed E-state index contributed by atoms with van der Waals surface area (Å²) in [6.07, 6.45) is 1.51. The molecular weight excluding hydrogens is 467 g/mol. The molecule has 2 heterocycles. The van der Waals surface area contributed by atoms with Gasteiger partial charge in [-0.25, -0.2) is 0 Å². The van der Waals surface area contributed by atoms with E-state index in [0.717, 1.165) is 27.8 Å². The smallest absolute Gasteiger partial charge is 0.294 e. The number of imide groups is 1. The fourth-order valence-electron chi connectivity index (χ4n) is 2.51. The molecule has 3 rings (SSSR count). The molecule has 0 bridgehead atoms. The van der Waals surface area contributed by atoms with E-state index in [2.05, 4.69) is 5.32 Å². The third kappa shape index (κ3) is 4.01. The number of nitrogens with zero attached hydrogens (tertiary/aromatic N) is 1. The Morgan fingerprint density at radius 2 is 1.92 bits per heavy atom. The first-order valence-corrected chi connectivity index (χ1v) is 9.61. The lowest BCUT2D eigenvalue weighted by Gasteiger charge is -2.15. The average molecular weight is 482 g/mol. The number of thioether (sulfide) groups is 1. The highest BCUT2D eigenvalue weighted by Crippen LogP contribution is 2.32. The number of amides is 3. The molecule has 26 heavy (non-hydrogen) atoms. The number of hydrogen-bond donors (Lipinski definition) is 1. The second kappa shape index (κ2) is 7.67. The van der Waals surface area contributed by atoms with Crippen molar-refractivity contribution in [2.24, 2.45) is 0 Å². The second-order valence-corrected chi connectivity index (χ2v) is 7.78. The minimum Gasteiger partial charge on any atom is -0.451 e. The quantitative estimate of drug-likeness (QED) is 0.523. The van der Waals surface area contributed by atoms with Crippen molar-refractivity contribution in [1.29, 1.82) is 0 Å². The molecule has 2 aromatic rings. The Hall–Kier alpha value is -2.07. The molecular formula is C18H15IN2O4S. The van der Waals surface area contributed by atoms with E-state index in [1.165, 1.54) is 6.08 Å². The highest BCUT2D eigenvalue weighted by Gasteiger charge is 2.36. The zero-order valence-corrected chi connectivity index (χ0v) is 17.0. The van der Waals surface area contributed by atoms with Crippen molar-refractivity contribution in [3.05, 3.63) is 55.9 Å². The summed E-state index contributed by atoms with van der Waals surface area (Å²) in [4.78, 5) is 38.1. The number of halogens is 1. The summed E-state index contributed by atoms with van der Waals surface area (Å²) in [5, 5.41) is 2.31. The summed E-state index contributed by atoms with van der Waals surface area (Å²) in [6, 6.07) is 9.14. The average Bonchev–Trinajstić information content (AvgIpc) is 3.10. The summed E-state index contributed by atoms with van der Waals surface area (Å²) < 4.78 is 6.07. The highest BCUT2D eigenvalue weighted by molar-refractivity contribution is 14.1. The van der Waals surface area contributed by atoms with Crippen molar-refractivity contribution < 1.29 is 18.8 Å². The first-order chi connectivity index (χ1) is 12.3. The van der Waals surface area contributed by atoms with Gasteiger partial charge in [-0.05, 0) is 71.5 Å². The van der Waals surface area contributed by atoms with Crippen LogP contribution in [-0.4, -0.2) is 28.5 Å². The molecule has 0 aliphatic carbocycles. The van der Waals surface area contributed by atoms with Crippen LogP contribution in [0.25, 0.3) is 6.08 Å². The number of carbonyl (C=O) groups excluding carboxylic acids is 3. The van der Waals surface area contributed by atoms with Crippen LogP contribution in [0.15, 0.2) is 39.7 Å². The Bertz CT molecular complexity index is 915. The molecule has 3 amide bonds. The predicted molar refractivity (Wildman–Crippen MR) is 109 cm³/mol. The van der Waals surface area contributed by atoms with Gasteiger partial charge in [0.1, 0.15) is 12.3 Å². The van der Waals surface area contributed by atoms with E-state index >= 15 is 0 Å². The van der Waals surface area contributed by atoms with Gasteiger partial charge in [0.25, 0.3) is 11.1 Å². The van der Waals surface area contributed by atoms with Crippen LogP contribution in [0.4, 0.5) is 10.5 Å². The zero-order valence-electron chi connectivity index (χ0n) is 14.0. The number of rotatable bonds is 4. The number of nitrogens with one attached hydrogen (secondary N) is 1. The Labute approximate surface area is 168 Å². The van der Waals surface area contributed by atoms with Crippen molar-refractivity contribution >= 4 is 63.2 Å². The fourth-order valence-corrected chi connectivity index (χ4v) is 3.76. The van der Waals surface area contributed by atoms with Crippen LogP contribution in [-0.2, 0) is 9.59 Å². The van der Waals surface area contributed by atoms with E-state index in [4.69, 9.17) is 4.42 Å². The number of benzene rings is 1. The number of furan rings is 1. The van der Waals surface area contributed by atoms with Crippen LogP contribution >= 0.6 is 34.4 Å². The maximum absolute atomic E-state index is 12.4. The monoisotopic (exact) mass is 482 g/mol. The van der Waals surface area contributed by atoms with Crippen LogP contribution in [0.1, 0.15) is 16.9 Å². The van der Waals surface area contributed by atoms with Crippen LogP contribution in [0.3, 0.4) is 0 Å². The fraction of sp³-hybridized carbons (Fsp3) is 0.167. The Morgan fingerprint density at radius 3 is 2.54 bits per heavy atom. The van der Waals surface area contributed by atoms with Gasteiger partial charge in [-0.2, -0.15) is 0 Å². The normalized spacial score (nSPS) is 15.8. The molecule has 0 atom stereocenters. The minimum atomic E-state index is -0.497. The molecule has 0 spiro atoms. The molecule has 0 saturated carbocycles. The van der Waals surface area contributed by atoms with Crippen LogP contribution in [0.5, 0.6) is 0 Å². The summed E-state index contributed by atoms with van der Waals surface area (Å²) in [5.74, 6) is -0.429. The molecule has 1 saturated heterocycles. The minimum absolute atomic E-state index is 0.237. The van der Waals surface area contributed by atoms with Crippen molar-refractivity contribution in [2.75, 3.05) is 11.9 Å². The molecule has 1 aromatic heterocycles. The SMILES string of the molecule is Cc1cccc(C)c1NC(=O)CN1C(=O)S/C(=C\c2ccc(I)o2)C1=O. The molecule has 8 heteroatoms. The topological polar surface area (TPSA) is 79.6 Å². The third-order valence-electron chi connectivity index (χ3n) is 3.79. The lowest BCUT2D eigenvalue weighted by molar-refractivity contribution is -0.127. The van der Waals surface area contributed by atoms with Crippen molar-refractivity contribution in [1.82, 2.24) is 4.90 Å². The number of aryl methyl sites for hydroxylation is 2. The van der Waals surface area contributed by atoms with E-state index in [-0.39, 0.29) is 11.4 Å². The van der Waals surface area contributed by atoms with E-state index in [1.807, 2.05) is 54.6 Å². The number of para-hydroxylation sites is 1. The van der Waals surface area contributed by atoms with Crippen LogP contribution < -0.4 is 5.32 Å². The van der Waals surface area contributed by atoms with Gasteiger partial charge in [-0.15, -0.1) is 0 Å². The number of hydrogen-bond acceptors (Lipinski definition) is 5. The second-order valence-electron chi connectivity index (χ2n) is 5.72. The van der Waals surface area contributed by atoms with Gasteiger partial charge >= 0.3 is 0 Å². The summed E-state index contributed by atoms with van der Waals surface area (Å²) >= 11 is 2.81. The number of anilines is 1. The van der Waals surface area contributed by atoms with Crippen molar-refractivity contribution in [2.45, 2.75) is 13.8 Å². The number of carbonyl (C=O) groups is 3. The maximum Gasteiger partial charge on any atom is 0.294 e. The summed E-state index contributed by atoms with van der Waals surface area (Å²) in [5.41, 5.74) is 2.53. The van der Waals surface area contributed by atoms with E-state index in [9.17, 15) is 14.4 Å². The van der Waals surface area contributed by atoms with Crippen LogP contribution in [0.2, 0.25) is 0 Å². The van der Waals surface area contributed by atoms with Gasteiger partial charge < -0.3 is 9.73 Å². The van der Waals surface area contributed by atoms with Gasteiger partial charge in [-0.3, -0.25) is 19.3 Å². The predicted octanol–water partition coefficient (Wildman–Crippen LogP) is 4.18. The molecule has 0 unspecified atom stereocenters.